The maximum Gasteiger partial charge on any atom is 0.123 e. The Labute approximate surface area is 95.1 Å². The molecule has 0 nitrogen and oxygen atoms in total. The van der Waals surface area contributed by atoms with Crippen LogP contribution in [0.4, 0.5) is 4.39 Å². The van der Waals surface area contributed by atoms with E-state index in [0.29, 0.717) is 0 Å². The zero-order chi connectivity index (χ0) is 11.4. The maximum atomic E-state index is 13.0. The molecule has 0 saturated carbocycles. The fourth-order valence-electron chi connectivity index (χ4n) is 1.54. The van der Waals surface area contributed by atoms with Gasteiger partial charge < -0.3 is 0 Å². The minimum atomic E-state index is -0.196. The fraction of sp³-hybridized carbons (Fsp3) is 0.0667. The molecule has 0 fully saturated rings. The predicted molar refractivity (Wildman–Crippen MR) is 66.5 cm³/mol. The van der Waals surface area contributed by atoms with Crippen LogP contribution in [-0.4, -0.2) is 0 Å². The topological polar surface area (TPSA) is 0 Å². The van der Waals surface area contributed by atoms with Gasteiger partial charge in [0, 0.05) is 0 Å². The highest BCUT2D eigenvalue weighted by atomic mass is 19.1. The van der Waals surface area contributed by atoms with Gasteiger partial charge in [-0.3, -0.25) is 0 Å². The van der Waals surface area contributed by atoms with Gasteiger partial charge >= 0.3 is 0 Å². The first-order valence-corrected chi connectivity index (χ1v) is 5.25. The van der Waals surface area contributed by atoms with Crippen LogP contribution in [0.1, 0.15) is 16.7 Å². The van der Waals surface area contributed by atoms with Gasteiger partial charge in [-0.05, 0) is 35.7 Å². The molecule has 0 N–H and O–H groups in total. The van der Waals surface area contributed by atoms with E-state index in [2.05, 4.69) is 0 Å². The van der Waals surface area contributed by atoms with Crippen LogP contribution in [0.25, 0.3) is 12.2 Å². The molecule has 0 amide bonds. The summed E-state index contributed by atoms with van der Waals surface area (Å²) in [5.74, 6) is -0.196. The third kappa shape index (κ3) is 2.57. The molecule has 0 bridgehead atoms. The average molecular weight is 212 g/mol. The lowest BCUT2D eigenvalue weighted by atomic mass is 10.1. The lowest BCUT2D eigenvalue weighted by molar-refractivity contribution is 0.627. The highest BCUT2D eigenvalue weighted by molar-refractivity contribution is 5.70. The van der Waals surface area contributed by atoms with E-state index in [4.69, 9.17) is 0 Å². The van der Waals surface area contributed by atoms with Gasteiger partial charge in [0.2, 0.25) is 0 Å². The van der Waals surface area contributed by atoms with E-state index in [-0.39, 0.29) is 5.82 Å². The van der Waals surface area contributed by atoms with Crippen molar-refractivity contribution in [2.45, 2.75) is 6.92 Å². The first-order valence-electron chi connectivity index (χ1n) is 5.25. The molecule has 1 heteroatoms. The molecule has 80 valence electrons. The van der Waals surface area contributed by atoms with E-state index in [1.54, 1.807) is 12.1 Å². The summed E-state index contributed by atoms with van der Waals surface area (Å²) >= 11 is 0. The Hall–Kier alpha value is -1.89. The van der Waals surface area contributed by atoms with Crippen molar-refractivity contribution in [2.24, 2.45) is 0 Å². The molecule has 0 aliphatic rings. The molecule has 0 aliphatic carbocycles. The second kappa shape index (κ2) is 4.75. The van der Waals surface area contributed by atoms with Crippen LogP contribution >= 0.6 is 0 Å². The highest BCUT2D eigenvalue weighted by Gasteiger charge is 1.96. The second-order valence-corrected chi connectivity index (χ2v) is 3.74. The van der Waals surface area contributed by atoms with Crippen LogP contribution in [0.2, 0.25) is 0 Å². The van der Waals surface area contributed by atoms with Crippen molar-refractivity contribution in [3.8, 4) is 0 Å². The Kier molecular flexibility index (Phi) is 3.16. The van der Waals surface area contributed by atoms with Gasteiger partial charge in [0.25, 0.3) is 0 Å². The molecule has 2 rings (SSSR count). The predicted octanol–water partition coefficient (Wildman–Crippen LogP) is 4.30. The van der Waals surface area contributed by atoms with Crippen LogP contribution in [0.15, 0.2) is 48.5 Å². The molecule has 0 aromatic heterocycles. The van der Waals surface area contributed by atoms with Gasteiger partial charge in [-0.15, -0.1) is 0 Å². The van der Waals surface area contributed by atoms with Crippen molar-refractivity contribution < 1.29 is 4.39 Å². The SMILES string of the molecule is Cc1ccc(F)cc1/C=C/c1ccccc1. The smallest absolute Gasteiger partial charge is 0.123 e. The lowest BCUT2D eigenvalue weighted by Gasteiger charge is -2.00. The summed E-state index contributed by atoms with van der Waals surface area (Å²) in [6.07, 6.45) is 3.93. The van der Waals surface area contributed by atoms with Gasteiger partial charge in [0.15, 0.2) is 0 Å². The number of benzene rings is 2. The summed E-state index contributed by atoms with van der Waals surface area (Å²) < 4.78 is 13.0. The van der Waals surface area contributed by atoms with Crippen molar-refractivity contribution in [1.82, 2.24) is 0 Å². The largest absolute Gasteiger partial charge is 0.207 e. The average Bonchev–Trinajstić information content (AvgIpc) is 2.32. The number of hydrogen-bond donors (Lipinski definition) is 0. The number of halogens is 1. The van der Waals surface area contributed by atoms with Crippen LogP contribution in [0, 0.1) is 12.7 Å². The summed E-state index contributed by atoms with van der Waals surface area (Å²) in [6, 6.07) is 14.8. The minimum Gasteiger partial charge on any atom is -0.207 e. The van der Waals surface area contributed by atoms with Gasteiger partial charge in [0.1, 0.15) is 5.82 Å². The summed E-state index contributed by atoms with van der Waals surface area (Å²) in [5.41, 5.74) is 3.11. The molecule has 16 heavy (non-hydrogen) atoms. The number of hydrogen-bond acceptors (Lipinski definition) is 0. The van der Waals surface area contributed by atoms with Crippen molar-refractivity contribution in [1.29, 1.82) is 0 Å². The third-order valence-electron chi connectivity index (χ3n) is 2.50. The number of aryl methyl sites for hydroxylation is 1. The first-order chi connectivity index (χ1) is 7.75. The standard InChI is InChI=1S/C15H13F/c1-12-7-10-15(16)11-14(12)9-8-13-5-3-2-4-6-13/h2-11H,1H3/b9-8+. The molecule has 0 heterocycles. The Balaban J connectivity index is 2.27. The van der Waals surface area contributed by atoms with E-state index in [0.717, 1.165) is 16.7 Å². The zero-order valence-electron chi connectivity index (χ0n) is 9.15. The quantitative estimate of drug-likeness (QED) is 0.651. The highest BCUT2D eigenvalue weighted by Crippen LogP contribution is 2.14. The third-order valence-corrected chi connectivity index (χ3v) is 2.50. The van der Waals surface area contributed by atoms with Gasteiger partial charge in [-0.25, -0.2) is 4.39 Å². The lowest BCUT2D eigenvalue weighted by Crippen LogP contribution is -1.82. The second-order valence-electron chi connectivity index (χ2n) is 3.74. The van der Waals surface area contributed by atoms with E-state index in [1.807, 2.05) is 49.4 Å². The van der Waals surface area contributed by atoms with Crippen molar-refractivity contribution in [3.63, 3.8) is 0 Å². The molecular weight excluding hydrogens is 199 g/mol. The molecule has 0 radical (unpaired) electrons. The molecule has 0 spiro atoms. The normalized spacial score (nSPS) is 10.9. The molecular formula is C15H13F. The van der Waals surface area contributed by atoms with Gasteiger partial charge in [-0.2, -0.15) is 0 Å². The van der Waals surface area contributed by atoms with E-state index in [1.165, 1.54) is 6.07 Å². The zero-order valence-corrected chi connectivity index (χ0v) is 9.15. The Morgan fingerprint density at radius 2 is 1.69 bits per heavy atom. The van der Waals surface area contributed by atoms with Crippen molar-refractivity contribution in [3.05, 3.63) is 71.0 Å². The van der Waals surface area contributed by atoms with E-state index in [9.17, 15) is 4.39 Å². The Morgan fingerprint density at radius 3 is 2.44 bits per heavy atom. The minimum absolute atomic E-state index is 0.196. The van der Waals surface area contributed by atoms with Crippen molar-refractivity contribution in [2.75, 3.05) is 0 Å². The Bertz CT molecular complexity index is 498. The summed E-state index contributed by atoms with van der Waals surface area (Å²) in [4.78, 5) is 0. The molecule has 0 saturated heterocycles. The van der Waals surface area contributed by atoms with E-state index < -0.39 is 0 Å². The molecule has 0 atom stereocenters. The number of rotatable bonds is 2. The van der Waals surface area contributed by atoms with Gasteiger partial charge in [0.05, 0.1) is 0 Å². The van der Waals surface area contributed by atoms with Crippen molar-refractivity contribution >= 4 is 12.2 Å². The van der Waals surface area contributed by atoms with Crippen LogP contribution in [0.5, 0.6) is 0 Å². The van der Waals surface area contributed by atoms with Crippen LogP contribution < -0.4 is 0 Å². The Morgan fingerprint density at radius 1 is 0.938 bits per heavy atom. The summed E-state index contributed by atoms with van der Waals surface area (Å²) in [7, 11) is 0. The van der Waals surface area contributed by atoms with Crippen LogP contribution in [0.3, 0.4) is 0 Å². The molecule has 2 aromatic carbocycles. The van der Waals surface area contributed by atoms with Gasteiger partial charge in [-0.1, -0.05) is 48.6 Å². The summed E-state index contributed by atoms with van der Waals surface area (Å²) in [6.45, 7) is 1.98. The maximum absolute atomic E-state index is 13.0. The molecule has 0 aliphatic heterocycles. The first kappa shape index (κ1) is 10.6. The summed E-state index contributed by atoms with van der Waals surface area (Å²) in [5, 5.41) is 0. The van der Waals surface area contributed by atoms with Crippen LogP contribution in [-0.2, 0) is 0 Å². The van der Waals surface area contributed by atoms with E-state index >= 15 is 0 Å². The monoisotopic (exact) mass is 212 g/mol. The molecule has 0 unspecified atom stereocenters. The molecule has 2 aromatic rings. The fourth-order valence-corrected chi connectivity index (χ4v) is 1.54.